The monoisotopic (exact) mass is 165 g/mol. The van der Waals surface area contributed by atoms with Gasteiger partial charge >= 0.3 is 6.01 Å². The Morgan fingerprint density at radius 1 is 1.50 bits per heavy atom. The molecule has 0 radical (unpaired) electrons. The van der Waals surface area contributed by atoms with Crippen LogP contribution in [-0.4, -0.2) is 24.9 Å². The predicted octanol–water partition coefficient (Wildman–Crippen LogP) is -0.349. The summed E-state index contributed by atoms with van der Waals surface area (Å²) >= 11 is 0. The Kier molecular flexibility index (Phi) is 1.18. The highest BCUT2D eigenvalue weighted by Crippen LogP contribution is 2.17. The Morgan fingerprint density at radius 2 is 2.25 bits per heavy atom. The van der Waals surface area contributed by atoms with Gasteiger partial charge in [0, 0.05) is 7.05 Å². The summed E-state index contributed by atoms with van der Waals surface area (Å²) in [5, 5.41) is 13.6. The van der Waals surface area contributed by atoms with E-state index in [4.69, 9.17) is 10.8 Å². The van der Waals surface area contributed by atoms with Crippen LogP contribution in [0.25, 0.3) is 11.0 Å². The van der Waals surface area contributed by atoms with Crippen molar-refractivity contribution < 1.29 is 5.11 Å². The average molecular weight is 165 g/mol. The maximum absolute atomic E-state index is 9.01. The van der Waals surface area contributed by atoms with Gasteiger partial charge < -0.3 is 10.8 Å². The second kappa shape index (κ2) is 2.07. The van der Waals surface area contributed by atoms with Crippen molar-refractivity contribution in [3.8, 4) is 6.01 Å². The molecule has 0 atom stereocenters. The number of aromatic hydroxyl groups is 1. The van der Waals surface area contributed by atoms with Crippen molar-refractivity contribution in [1.82, 2.24) is 19.7 Å². The normalized spacial score (nSPS) is 10.8. The lowest BCUT2D eigenvalue weighted by Gasteiger charge is -1.96. The Morgan fingerprint density at radius 3 is 3.00 bits per heavy atom. The number of fused-ring (bicyclic) bond motifs is 1. The zero-order chi connectivity index (χ0) is 8.72. The van der Waals surface area contributed by atoms with Gasteiger partial charge in [-0.3, -0.25) is 4.68 Å². The minimum Gasteiger partial charge on any atom is -0.479 e. The van der Waals surface area contributed by atoms with Crippen LogP contribution in [0.1, 0.15) is 0 Å². The summed E-state index contributed by atoms with van der Waals surface area (Å²) < 4.78 is 1.52. The topological polar surface area (TPSA) is 89.9 Å². The van der Waals surface area contributed by atoms with Gasteiger partial charge in [-0.05, 0) is 0 Å². The molecule has 0 unspecified atom stereocenters. The molecule has 0 spiro atoms. The number of nitrogens with two attached hydrogens (primary N) is 1. The summed E-state index contributed by atoms with van der Waals surface area (Å²) in [5.41, 5.74) is 6.03. The SMILES string of the molecule is Cn1ncc2c(N)nc(O)nc21. The van der Waals surface area contributed by atoms with Crippen LogP contribution in [-0.2, 0) is 7.05 Å². The number of aryl methyl sites for hydroxylation is 1. The first kappa shape index (κ1) is 6.84. The van der Waals surface area contributed by atoms with Crippen molar-refractivity contribution in [3.05, 3.63) is 6.20 Å². The van der Waals surface area contributed by atoms with E-state index in [0.717, 1.165) is 0 Å². The van der Waals surface area contributed by atoms with E-state index in [1.54, 1.807) is 13.2 Å². The highest BCUT2D eigenvalue weighted by atomic mass is 16.3. The van der Waals surface area contributed by atoms with Gasteiger partial charge in [-0.25, -0.2) is 0 Å². The van der Waals surface area contributed by atoms with Crippen LogP contribution in [0.2, 0.25) is 0 Å². The minimum absolute atomic E-state index is 0.241. The summed E-state index contributed by atoms with van der Waals surface area (Å²) in [7, 11) is 1.72. The van der Waals surface area contributed by atoms with Gasteiger partial charge in [0.1, 0.15) is 5.82 Å². The molecule has 0 aliphatic heterocycles. The zero-order valence-electron chi connectivity index (χ0n) is 6.39. The Balaban J connectivity index is 2.92. The molecule has 2 aromatic rings. The highest BCUT2D eigenvalue weighted by molar-refractivity contribution is 5.85. The van der Waals surface area contributed by atoms with E-state index < -0.39 is 0 Å². The van der Waals surface area contributed by atoms with Gasteiger partial charge in [0.2, 0.25) is 0 Å². The maximum atomic E-state index is 9.01. The number of rotatable bonds is 0. The third-order valence-corrected chi connectivity index (χ3v) is 1.61. The molecule has 2 aromatic heterocycles. The first-order valence-electron chi connectivity index (χ1n) is 3.32. The molecule has 6 heteroatoms. The van der Waals surface area contributed by atoms with Gasteiger partial charge in [0.15, 0.2) is 5.65 Å². The molecule has 6 nitrogen and oxygen atoms in total. The number of hydrogen-bond donors (Lipinski definition) is 2. The number of anilines is 1. The summed E-state index contributed by atoms with van der Waals surface area (Å²) in [6.07, 6.45) is 1.56. The smallest absolute Gasteiger partial charge is 0.317 e. The Hall–Kier alpha value is -1.85. The molecule has 0 aliphatic carbocycles. The minimum atomic E-state index is -0.330. The van der Waals surface area contributed by atoms with Gasteiger partial charge in [0.25, 0.3) is 0 Å². The van der Waals surface area contributed by atoms with E-state index in [1.807, 2.05) is 0 Å². The van der Waals surface area contributed by atoms with Crippen molar-refractivity contribution >= 4 is 16.9 Å². The van der Waals surface area contributed by atoms with Crippen LogP contribution in [0.4, 0.5) is 5.82 Å². The zero-order valence-corrected chi connectivity index (χ0v) is 6.39. The lowest BCUT2D eigenvalue weighted by Crippen LogP contribution is -1.96. The van der Waals surface area contributed by atoms with Gasteiger partial charge in [0.05, 0.1) is 11.6 Å². The fraction of sp³-hybridized carbons (Fsp3) is 0.167. The predicted molar refractivity (Wildman–Crippen MR) is 42.4 cm³/mol. The molecule has 0 bridgehead atoms. The lowest BCUT2D eigenvalue weighted by atomic mass is 10.4. The number of nitrogen functional groups attached to an aromatic ring is 1. The van der Waals surface area contributed by atoms with Crippen molar-refractivity contribution in [3.63, 3.8) is 0 Å². The van der Waals surface area contributed by atoms with Crippen molar-refractivity contribution in [1.29, 1.82) is 0 Å². The molecule has 0 aromatic carbocycles. The molecule has 3 N–H and O–H groups in total. The third-order valence-electron chi connectivity index (χ3n) is 1.61. The maximum Gasteiger partial charge on any atom is 0.317 e. The molecule has 0 aliphatic rings. The van der Waals surface area contributed by atoms with Gasteiger partial charge in [-0.2, -0.15) is 15.1 Å². The second-order valence-corrected chi connectivity index (χ2v) is 2.41. The fourth-order valence-electron chi connectivity index (χ4n) is 1.03. The van der Waals surface area contributed by atoms with E-state index in [0.29, 0.717) is 11.0 Å². The standard InChI is InChI=1S/C6H7N5O/c1-11-5-3(2-8-11)4(7)9-6(12)10-5/h2H,1H3,(H3,7,9,10,12). The first-order chi connectivity index (χ1) is 5.68. The molecule has 0 fully saturated rings. The van der Waals surface area contributed by atoms with Crippen LogP contribution in [0, 0.1) is 0 Å². The third kappa shape index (κ3) is 0.777. The highest BCUT2D eigenvalue weighted by Gasteiger charge is 2.07. The van der Waals surface area contributed by atoms with Gasteiger partial charge in [-0.1, -0.05) is 0 Å². The Bertz CT molecular complexity index is 435. The van der Waals surface area contributed by atoms with Gasteiger partial charge in [-0.15, -0.1) is 0 Å². The van der Waals surface area contributed by atoms with E-state index in [-0.39, 0.29) is 11.8 Å². The molecular weight excluding hydrogens is 158 g/mol. The molecule has 62 valence electrons. The van der Waals surface area contributed by atoms with Crippen LogP contribution in [0.3, 0.4) is 0 Å². The molecule has 2 heterocycles. The number of hydrogen-bond acceptors (Lipinski definition) is 5. The molecule has 0 saturated carbocycles. The van der Waals surface area contributed by atoms with Crippen molar-refractivity contribution in [2.24, 2.45) is 7.05 Å². The summed E-state index contributed by atoms with van der Waals surface area (Å²) in [6, 6.07) is -0.330. The van der Waals surface area contributed by atoms with E-state index in [1.165, 1.54) is 4.68 Å². The summed E-state index contributed by atoms with van der Waals surface area (Å²) in [6.45, 7) is 0. The van der Waals surface area contributed by atoms with Crippen molar-refractivity contribution in [2.75, 3.05) is 5.73 Å². The van der Waals surface area contributed by atoms with Crippen LogP contribution in [0.15, 0.2) is 6.20 Å². The number of aromatic nitrogens is 4. The molecular formula is C6H7N5O. The number of nitrogens with zero attached hydrogens (tertiary/aromatic N) is 4. The molecule has 12 heavy (non-hydrogen) atoms. The second-order valence-electron chi connectivity index (χ2n) is 2.41. The van der Waals surface area contributed by atoms with Crippen LogP contribution < -0.4 is 5.73 Å². The Labute approximate surface area is 67.7 Å². The largest absolute Gasteiger partial charge is 0.479 e. The molecule has 2 rings (SSSR count). The van der Waals surface area contributed by atoms with E-state index in [9.17, 15) is 0 Å². The first-order valence-corrected chi connectivity index (χ1v) is 3.32. The fourth-order valence-corrected chi connectivity index (χ4v) is 1.03. The van der Waals surface area contributed by atoms with E-state index in [2.05, 4.69) is 15.1 Å². The summed E-state index contributed by atoms with van der Waals surface area (Å²) in [5.74, 6) is 0.241. The van der Waals surface area contributed by atoms with Crippen molar-refractivity contribution in [2.45, 2.75) is 0 Å². The van der Waals surface area contributed by atoms with E-state index >= 15 is 0 Å². The lowest BCUT2D eigenvalue weighted by molar-refractivity contribution is 0.433. The van der Waals surface area contributed by atoms with Crippen LogP contribution in [0.5, 0.6) is 6.01 Å². The molecule has 0 saturated heterocycles. The summed E-state index contributed by atoms with van der Waals surface area (Å²) in [4.78, 5) is 7.34. The average Bonchev–Trinajstić information content (AvgIpc) is 2.33. The quantitative estimate of drug-likeness (QED) is 0.557. The van der Waals surface area contributed by atoms with Crippen LogP contribution >= 0.6 is 0 Å². The molecule has 0 amide bonds.